The molecule has 2 heterocycles. The third-order valence-corrected chi connectivity index (χ3v) is 4.84. The Morgan fingerprint density at radius 1 is 1.68 bits per heavy atom. The first-order chi connectivity index (χ1) is 9.03. The van der Waals surface area contributed by atoms with Gasteiger partial charge in [-0.3, -0.25) is 4.79 Å². The van der Waals surface area contributed by atoms with Crippen molar-refractivity contribution in [2.75, 3.05) is 26.8 Å². The number of hydrogen-bond acceptors (Lipinski definition) is 4. The summed E-state index contributed by atoms with van der Waals surface area (Å²) in [4.78, 5) is 15.0. The van der Waals surface area contributed by atoms with Crippen LogP contribution in [-0.2, 0) is 16.0 Å². The van der Waals surface area contributed by atoms with Crippen LogP contribution in [0.2, 0.25) is 0 Å². The Morgan fingerprint density at radius 3 is 3.00 bits per heavy atom. The maximum atomic E-state index is 11.5. The van der Waals surface area contributed by atoms with Crippen molar-refractivity contribution in [3.63, 3.8) is 0 Å². The molecule has 0 spiro atoms. The van der Waals surface area contributed by atoms with Gasteiger partial charge >= 0.3 is 5.97 Å². The van der Waals surface area contributed by atoms with E-state index in [1.807, 2.05) is 7.05 Å². The highest BCUT2D eigenvalue weighted by molar-refractivity contribution is 7.09. The van der Waals surface area contributed by atoms with Crippen molar-refractivity contribution in [2.45, 2.75) is 25.8 Å². The predicted octanol–water partition coefficient (Wildman–Crippen LogP) is 2.10. The van der Waals surface area contributed by atoms with Crippen LogP contribution in [0, 0.1) is 5.41 Å². The first kappa shape index (κ1) is 14.5. The van der Waals surface area contributed by atoms with Gasteiger partial charge in [-0.1, -0.05) is 6.07 Å². The molecule has 1 aliphatic heterocycles. The number of carboxylic acid groups (broad SMARTS) is 1. The number of rotatable bonds is 6. The highest BCUT2D eigenvalue weighted by Crippen LogP contribution is 2.30. The zero-order valence-corrected chi connectivity index (χ0v) is 12.3. The van der Waals surface area contributed by atoms with E-state index < -0.39 is 11.4 Å². The second-order valence-electron chi connectivity index (χ2n) is 5.44. The van der Waals surface area contributed by atoms with Gasteiger partial charge in [-0.05, 0) is 38.3 Å². The predicted molar refractivity (Wildman–Crippen MR) is 75.6 cm³/mol. The fraction of sp³-hybridized carbons (Fsp3) is 0.643. The topological polar surface area (TPSA) is 49.8 Å². The summed E-state index contributed by atoms with van der Waals surface area (Å²) < 4.78 is 5.30. The van der Waals surface area contributed by atoms with Crippen molar-refractivity contribution in [1.82, 2.24) is 4.90 Å². The van der Waals surface area contributed by atoms with Crippen LogP contribution in [0.15, 0.2) is 17.5 Å². The lowest BCUT2D eigenvalue weighted by Gasteiger charge is -2.32. The number of thiophene rings is 1. The second-order valence-corrected chi connectivity index (χ2v) is 6.47. The van der Waals surface area contributed by atoms with Crippen LogP contribution in [0.3, 0.4) is 0 Å². The highest BCUT2D eigenvalue weighted by atomic mass is 32.1. The number of likely N-dealkylation sites (N-methyl/N-ethyl adjacent to an activating group) is 1. The van der Waals surface area contributed by atoms with Gasteiger partial charge in [0.25, 0.3) is 0 Å². The highest BCUT2D eigenvalue weighted by Gasteiger charge is 2.43. The molecule has 4 nitrogen and oxygen atoms in total. The lowest BCUT2D eigenvalue weighted by atomic mass is 9.86. The number of nitrogens with zero attached hydrogens (tertiary/aromatic N) is 1. The first-order valence-corrected chi connectivity index (χ1v) is 7.45. The minimum absolute atomic E-state index is 0.329. The lowest BCUT2D eigenvalue weighted by molar-refractivity contribution is -0.150. The monoisotopic (exact) mass is 283 g/mol. The minimum Gasteiger partial charge on any atom is -0.481 e. The number of hydrogen-bond donors (Lipinski definition) is 1. The third-order valence-electron chi connectivity index (χ3n) is 3.94. The summed E-state index contributed by atoms with van der Waals surface area (Å²) in [5.74, 6) is -0.736. The number of ether oxygens (including phenoxy) is 1. The summed E-state index contributed by atoms with van der Waals surface area (Å²) in [5, 5.41) is 11.5. The third kappa shape index (κ3) is 3.35. The molecule has 0 saturated carbocycles. The van der Waals surface area contributed by atoms with Crippen LogP contribution in [-0.4, -0.2) is 48.8 Å². The summed E-state index contributed by atoms with van der Waals surface area (Å²) in [6, 6.07) is 4.51. The summed E-state index contributed by atoms with van der Waals surface area (Å²) in [7, 11) is 2.00. The molecular weight excluding hydrogens is 262 g/mol. The van der Waals surface area contributed by atoms with Crippen LogP contribution in [0.25, 0.3) is 0 Å². The van der Waals surface area contributed by atoms with Crippen molar-refractivity contribution in [1.29, 1.82) is 0 Å². The molecule has 2 unspecified atom stereocenters. The van der Waals surface area contributed by atoms with E-state index in [-0.39, 0.29) is 0 Å². The van der Waals surface area contributed by atoms with Crippen LogP contribution in [0.4, 0.5) is 0 Å². The van der Waals surface area contributed by atoms with Crippen molar-refractivity contribution in [3.8, 4) is 0 Å². The van der Waals surface area contributed by atoms with Crippen molar-refractivity contribution >= 4 is 17.3 Å². The van der Waals surface area contributed by atoms with E-state index >= 15 is 0 Å². The van der Waals surface area contributed by atoms with Gasteiger partial charge in [0.1, 0.15) is 5.41 Å². The Hall–Kier alpha value is -0.910. The average Bonchev–Trinajstić information content (AvgIpc) is 3.00. The van der Waals surface area contributed by atoms with Crippen molar-refractivity contribution in [3.05, 3.63) is 22.4 Å². The average molecular weight is 283 g/mol. The Morgan fingerprint density at radius 2 is 2.47 bits per heavy atom. The molecule has 1 saturated heterocycles. The maximum Gasteiger partial charge on any atom is 0.313 e. The first-order valence-electron chi connectivity index (χ1n) is 6.57. The Balaban J connectivity index is 1.95. The standard InChI is InChI=1S/C14H21NO3S/c1-11(8-12-4-3-7-19-12)15(2)9-14(13(16)17)5-6-18-10-14/h3-4,7,11H,5-6,8-10H2,1-2H3,(H,16,17). The molecule has 2 rings (SSSR count). The molecular formula is C14H21NO3S. The van der Waals surface area contributed by atoms with Gasteiger partial charge in [-0.2, -0.15) is 0 Å². The summed E-state index contributed by atoms with van der Waals surface area (Å²) in [6.07, 6.45) is 1.57. The zero-order chi connectivity index (χ0) is 13.9. The molecule has 19 heavy (non-hydrogen) atoms. The van der Waals surface area contributed by atoms with E-state index in [0.29, 0.717) is 32.2 Å². The normalized spacial score (nSPS) is 24.8. The van der Waals surface area contributed by atoms with Crippen molar-refractivity contribution < 1.29 is 14.6 Å². The summed E-state index contributed by atoms with van der Waals surface area (Å²) in [5.41, 5.74) is -0.724. The Kier molecular flexibility index (Phi) is 4.60. The molecule has 5 heteroatoms. The smallest absolute Gasteiger partial charge is 0.313 e. The van der Waals surface area contributed by atoms with E-state index in [1.54, 1.807) is 11.3 Å². The Bertz CT molecular complexity index is 412. The summed E-state index contributed by atoms with van der Waals surface area (Å²) >= 11 is 1.75. The lowest BCUT2D eigenvalue weighted by Crippen LogP contribution is -2.45. The molecule has 0 aliphatic carbocycles. The SMILES string of the molecule is CC(Cc1cccs1)N(C)CC1(C(=O)O)CCOC1. The van der Waals surface area contributed by atoms with Crippen LogP contribution in [0.5, 0.6) is 0 Å². The van der Waals surface area contributed by atoms with Gasteiger partial charge in [-0.15, -0.1) is 11.3 Å². The fourth-order valence-corrected chi connectivity index (χ4v) is 3.30. The van der Waals surface area contributed by atoms with Gasteiger partial charge in [0, 0.05) is 24.1 Å². The van der Waals surface area contributed by atoms with Crippen LogP contribution in [0.1, 0.15) is 18.2 Å². The quantitative estimate of drug-likeness (QED) is 0.868. The minimum atomic E-state index is -0.736. The molecule has 1 N–H and O–H groups in total. The number of aliphatic carboxylic acids is 1. The molecule has 0 radical (unpaired) electrons. The molecule has 1 fully saturated rings. The van der Waals surface area contributed by atoms with Gasteiger partial charge in [0.15, 0.2) is 0 Å². The fourth-order valence-electron chi connectivity index (χ4n) is 2.48. The van der Waals surface area contributed by atoms with Gasteiger partial charge in [0.05, 0.1) is 6.61 Å². The summed E-state index contributed by atoms with van der Waals surface area (Å²) in [6.45, 7) is 3.58. The largest absolute Gasteiger partial charge is 0.481 e. The van der Waals surface area contributed by atoms with Gasteiger partial charge in [0.2, 0.25) is 0 Å². The number of carboxylic acids is 1. The molecule has 0 bridgehead atoms. The molecule has 1 aromatic rings. The van der Waals surface area contributed by atoms with E-state index in [2.05, 4.69) is 29.3 Å². The molecule has 2 atom stereocenters. The number of carbonyl (C=O) groups is 1. The maximum absolute atomic E-state index is 11.5. The van der Waals surface area contributed by atoms with Crippen molar-refractivity contribution in [2.24, 2.45) is 5.41 Å². The van der Waals surface area contributed by atoms with E-state index in [9.17, 15) is 9.90 Å². The molecule has 0 aromatic carbocycles. The van der Waals surface area contributed by atoms with E-state index in [4.69, 9.17) is 4.74 Å². The molecule has 0 amide bonds. The van der Waals surface area contributed by atoms with Gasteiger partial charge < -0.3 is 14.7 Å². The Labute approximate surface area is 118 Å². The van der Waals surface area contributed by atoms with Crippen LogP contribution >= 0.6 is 11.3 Å². The van der Waals surface area contributed by atoms with Crippen LogP contribution < -0.4 is 0 Å². The van der Waals surface area contributed by atoms with E-state index in [0.717, 1.165) is 6.42 Å². The molecule has 1 aliphatic rings. The zero-order valence-electron chi connectivity index (χ0n) is 11.5. The van der Waals surface area contributed by atoms with E-state index in [1.165, 1.54) is 4.88 Å². The molecule has 1 aromatic heterocycles. The molecule has 106 valence electrons. The second kappa shape index (κ2) is 6.03. The van der Waals surface area contributed by atoms with Gasteiger partial charge in [-0.25, -0.2) is 0 Å².